The van der Waals surface area contributed by atoms with Gasteiger partial charge < -0.3 is 11.1 Å². The minimum Gasteiger partial charge on any atom is -0.356 e. The summed E-state index contributed by atoms with van der Waals surface area (Å²) in [6, 6.07) is 0. The molecule has 0 bridgehead atoms. The highest BCUT2D eigenvalue weighted by molar-refractivity contribution is 5.78. The molecule has 1 aliphatic rings. The summed E-state index contributed by atoms with van der Waals surface area (Å²) in [4.78, 5) is 11.8. The number of hydrogen-bond donors (Lipinski definition) is 2. The van der Waals surface area contributed by atoms with E-state index in [0.29, 0.717) is 31.8 Å². The Morgan fingerprint density at radius 1 is 1.56 bits per heavy atom. The zero-order valence-corrected chi connectivity index (χ0v) is 11.1. The quantitative estimate of drug-likeness (QED) is 0.771. The lowest BCUT2D eigenvalue weighted by molar-refractivity contribution is -0.132. The maximum absolute atomic E-state index is 13.2. The topological polar surface area (TPSA) is 55.1 Å². The third-order valence-electron chi connectivity index (χ3n) is 3.73. The van der Waals surface area contributed by atoms with Gasteiger partial charge in [0.05, 0.1) is 0 Å². The lowest BCUT2D eigenvalue weighted by atomic mass is 9.86. The van der Waals surface area contributed by atoms with Crippen LogP contribution in [0, 0.1) is 11.8 Å². The van der Waals surface area contributed by atoms with E-state index in [2.05, 4.69) is 5.32 Å². The smallest absolute Gasteiger partial charge is 0.248 e. The molecule has 1 saturated carbocycles. The summed E-state index contributed by atoms with van der Waals surface area (Å²) in [5.74, 6) is -3.06. The van der Waals surface area contributed by atoms with Crippen molar-refractivity contribution in [1.82, 2.24) is 5.32 Å². The third-order valence-corrected chi connectivity index (χ3v) is 3.73. The van der Waals surface area contributed by atoms with Crippen LogP contribution in [0.25, 0.3) is 0 Å². The van der Waals surface area contributed by atoms with Gasteiger partial charge in [-0.15, -0.1) is 0 Å². The Kier molecular flexibility index (Phi) is 5.99. The predicted octanol–water partition coefficient (Wildman–Crippen LogP) is 2.30. The van der Waals surface area contributed by atoms with E-state index in [9.17, 15) is 13.6 Å². The average molecular weight is 262 g/mol. The summed E-state index contributed by atoms with van der Waals surface area (Å²) in [6.45, 7) is 3.19. The van der Waals surface area contributed by atoms with E-state index < -0.39 is 11.8 Å². The molecule has 0 aromatic heterocycles. The molecule has 1 rings (SSSR count). The highest BCUT2D eigenvalue weighted by atomic mass is 19.3. The molecule has 0 aliphatic heterocycles. The van der Waals surface area contributed by atoms with Crippen molar-refractivity contribution in [2.45, 2.75) is 51.4 Å². The maximum Gasteiger partial charge on any atom is 0.248 e. The van der Waals surface area contributed by atoms with Crippen LogP contribution >= 0.6 is 0 Å². The van der Waals surface area contributed by atoms with E-state index in [1.165, 1.54) is 0 Å². The van der Waals surface area contributed by atoms with Crippen LogP contribution in [0.3, 0.4) is 0 Å². The number of nitrogens with one attached hydrogen (secondary N) is 1. The van der Waals surface area contributed by atoms with Gasteiger partial charge >= 0.3 is 0 Å². The molecule has 2 unspecified atom stereocenters. The molecular formula is C13H24F2N2O. The molecule has 0 saturated heterocycles. The molecule has 3 N–H and O–H groups in total. The second-order valence-electron chi connectivity index (χ2n) is 5.25. The molecule has 0 aromatic carbocycles. The number of halogens is 2. The SMILES string of the molecule is CCC(CCN)CNC(=O)C1CCCC(F)(F)C1. The Hall–Kier alpha value is -0.710. The van der Waals surface area contributed by atoms with Crippen molar-refractivity contribution >= 4 is 5.91 Å². The van der Waals surface area contributed by atoms with E-state index in [-0.39, 0.29) is 18.7 Å². The molecule has 0 heterocycles. The van der Waals surface area contributed by atoms with Gasteiger partial charge in [0.2, 0.25) is 11.8 Å². The fourth-order valence-electron chi connectivity index (χ4n) is 2.47. The zero-order chi connectivity index (χ0) is 13.6. The number of amides is 1. The van der Waals surface area contributed by atoms with E-state index >= 15 is 0 Å². The van der Waals surface area contributed by atoms with Crippen LogP contribution in [-0.4, -0.2) is 24.9 Å². The van der Waals surface area contributed by atoms with Gasteiger partial charge in [-0.2, -0.15) is 0 Å². The van der Waals surface area contributed by atoms with Crippen LogP contribution in [0.5, 0.6) is 0 Å². The van der Waals surface area contributed by atoms with Crippen molar-refractivity contribution in [2.24, 2.45) is 17.6 Å². The van der Waals surface area contributed by atoms with Crippen LogP contribution in [0.15, 0.2) is 0 Å². The van der Waals surface area contributed by atoms with Gasteiger partial charge in [0, 0.05) is 25.3 Å². The normalized spacial score (nSPS) is 24.6. The predicted molar refractivity (Wildman–Crippen MR) is 67.4 cm³/mol. The molecule has 2 atom stereocenters. The van der Waals surface area contributed by atoms with Gasteiger partial charge in [0.25, 0.3) is 0 Å². The first-order valence-corrected chi connectivity index (χ1v) is 6.84. The Morgan fingerprint density at radius 3 is 2.83 bits per heavy atom. The van der Waals surface area contributed by atoms with E-state index in [1.54, 1.807) is 0 Å². The van der Waals surface area contributed by atoms with Crippen molar-refractivity contribution in [1.29, 1.82) is 0 Å². The van der Waals surface area contributed by atoms with Gasteiger partial charge in [-0.3, -0.25) is 4.79 Å². The maximum atomic E-state index is 13.2. The first kappa shape index (κ1) is 15.3. The summed E-state index contributed by atoms with van der Waals surface area (Å²) < 4.78 is 26.4. The van der Waals surface area contributed by atoms with Crippen molar-refractivity contribution in [2.75, 3.05) is 13.1 Å². The third kappa shape index (κ3) is 4.88. The van der Waals surface area contributed by atoms with E-state index in [1.807, 2.05) is 6.92 Å². The van der Waals surface area contributed by atoms with E-state index in [0.717, 1.165) is 12.8 Å². The molecule has 5 heteroatoms. The average Bonchev–Trinajstić information content (AvgIpc) is 2.32. The summed E-state index contributed by atoms with van der Waals surface area (Å²) in [5, 5.41) is 2.80. The van der Waals surface area contributed by atoms with Gasteiger partial charge in [0.1, 0.15) is 0 Å². The lowest BCUT2D eigenvalue weighted by Crippen LogP contribution is -2.39. The largest absolute Gasteiger partial charge is 0.356 e. The molecular weight excluding hydrogens is 238 g/mol. The van der Waals surface area contributed by atoms with Gasteiger partial charge in [0.15, 0.2) is 0 Å². The fraction of sp³-hybridized carbons (Fsp3) is 0.923. The Morgan fingerprint density at radius 2 is 2.28 bits per heavy atom. The van der Waals surface area contributed by atoms with Crippen LogP contribution in [0.2, 0.25) is 0 Å². The van der Waals surface area contributed by atoms with Gasteiger partial charge in [-0.1, -0.05) is 13.3 Å². The Balaban J connectivity index is 2.36. The summed E-state index contributed by atoms with van der Waals surface area (Å²) in [5.41, 5.74) is 5.48. The highest BCUT2D eigenvalue weighted by Gasteiger charge is 2.39. The van der Waals surface area contributed by atoms with E-state index in [4.69, 9.17) is 5.73 Å². The zero-order valence-electron chi connectivity index (χ0n) is 11.1. The molecule has 3 nitrogen and oxygen atoms in total. The van der Waals surface area contributed by atoms with Crippen molar-refractivity contribution in [3.63, 3.8) is 0 Å². The van der Waals surface area contributed by atoms with Crippen molar-refractivity contribution < 1.29 is 13.6 Å². The second-order valence-corrected chi connectivity index (χ2v) is 5.25. The minimum atomic E-state index is -2.67. The molecule has 1 amide bonds. The lowest BCUT2D eigenvalue weighted by Gasteiger charge is -2.28. The molecule has 18 heavy (non-hydrogen) atoms. The Bertz CT molecular complexity index is 272. The van der Waals surface area contributed by atoms with Crippen LogP contribution < -0.4 is 11.1 Å². The molecule has 0 radical (unpaired) electrons. The number of nitrogens with two attached hydrogens (primary N) is 1. The molecule has 106 valence electrons. The summed E-state index contributed by atoms with van der Waals surface area (Å²) in [7, 11) is 0. The Labute approximate surface area is 107 Å². The number of hydrogen-bond acceptors (Lipinski definition) is 2. The van der Waals surface area contributed by atoms with Crippen molar-refractivity contribution in [3.05, 3.63) is 0 Å². The van der Waals surface area contributed by atoms with Crippen LogP contribution in [0.1, 0.15) is 45.4 Å². The molecule has 1 aliphatic carbocycles. The molecule has 0 aromatic rings. The first-order valence-electron chi connectivity index (χ1n) is 6.84. The minimum absolute atomic E-state index is 0.0818. The number of carbonyl (C=O) groups is 1. The number of rotatable bonds is 6. The van der Waals surface area contributed by atoms with Gasteiger partial charge in [-0.05, 0) is 31.7 Å². The fourth-order valence-corrected chi connectivity index (χ4v) is 2.47. The van der Waals surface area contributed by atoms with Crippen molar-refractivity contribution in [3.8, 4) is 0 Å². The standard InChI is InChI=1S/C13H24F2N2O/c1-2-10(5-7-16)9-17-12(18)11-4-3-6-13(14,15)8-11/h10-11H,2-9,16H2,1H3,(H,17,18). The monoisotopic (exact) mass is 262 g/mol. The summed E-state index contributed by atoms with van der Waals surface area (Å²) in [6.07, 6.45) is 2.43. The summed E-state index contributed by atoms with van der Waals surface area (Å²) >= 11 is 0. The van der Waals surface area contributed by atoms with Crippen LogP contribution in [0.4, 0.5) is 8.78 Å². The highest BCUT2D eigenvalue weighted by Crippen LogP contribution is 2.36. The second kappa shape index (κ2) is 7.02. The van der Waals surface area contributed by atoms with Gasteiger partial charge in [-0.25, -0.2) is 8.78 Å². The number of carbonyl (C=O) groups excluding carboxylic acids is 1. The molecule has 0 spiro atoms. The molecule has 1 fully saturated rings. The van der Waals surface area contributed by atoms with Crippen LogP contribution in [-0.2, 0) is 4.79 Å². The number of alkyl halides is 2. The first-order chi connectivity index (χ1) is 8.48.